The molecule has 28 heavy (non-hydrogen) atoms. The molecule has 2 aromatic rings. The van der Waals surface area contributed by atoms with Gasteiger partial charge in [0.1, 0.15) is 24.1 Å². The Hall–Kier alpha value is -2.38. The number of hydrogen-bond acceptors (Lipinski definition) is 6. The molecule has 2 atom stereocenters. The lowest BCUT2D eigenvalue weighted by atomic mass is 9.92. The number of pyridine rings is 2. The first-order valence-corrected chi connectivity index (χ1v) is 9.87. The van der Waals surface area contributed by atoms with Crippen LogP contribution in [0.1, 0.15) is 47.3 Å². The van der Waals surface area contributed by atoms with Gasteiger partial charge in [-0.05, 0) is 30.5 Å². The zero-order chi connectivity index (χ0) is 19.5. The molecule has 1 amide bonds. The van der Waals surface area contributed by atoms with Crippen molar-refractivity contribution in [3.05, 3.63) is 46.4 Å². The Morgan fingerprint density at radius 2 is 2.07 bits per heavy atom. The molecule has 7 nitrogen and oxygen atoms in total. The van der Waals surface area contributed by atoms with Crippen molar-refractivity contribution >= 4 is 17.5 Å². The molecule has 2 aliphatic rings. The minimum atomic E-state index is -0.519. The number of carbonyl (C=O) groups excluding carboxylic acids is 1. The Labute approximate surface area is 168 Å². The van der Waals surface area contributed by atoms with Crippen LogP contribution in [0.2, 0.25) is 5.15 Å². The molecule has 0 spiro atoms. The summed E-state index contributed by atoms with van der Waals surface area (Å²) in [5.74, 6) is 0.550. The minimum Gasteiger partial charge on any atom is -0.484 e. The van der Waals surface area contributed by atoms with Gasteiger partial charge in [-0.2, -0.15) is 0 Å². The van der Waals surface area contributed by atoms with Crippen molar-refractivity contribution in [3.63, 3.8) is 0 Å². The fraction of sp³-hybridized carbons (Fsp3) is 0.450. The van der Waals surface area contributed by atoms with Gasteiger partial charge in [0.15, 0.2) is 5.75 Å². The van der Waals surface area contributed by atoms with E-state index in [-0.39, 0.29) is 17.6 Å². The summed E-state index contributed by atoms with van der Waals surface area (Å²) in [6, 6.07) is 5.07. The quantitative estimate of drug-likeness (QED) is 0.762. The SMILES string of the molecule is O=C(N[C@H]1CCCC[C@@H]1O)c1cc(Cc2ccc(Cl)nc2)c2c(n1)OCCO2. The van der Waals surface area contributed by atoms with Crippen LogP contribution in [0.4, 0.5) is 0 Å². The summed E-state index contributed by atoms with van der Waals surface area (Å²) < 4.78 is 11.4. The van der Waals surface area contributed by atoms with E-state index in [9.17, 15) is 9.90 Å². The van der Waals surface area contributed by atoms with Crippen molar-refractivity contribution in [2.45, 2.75) is 44.2 Å². The van der Waals surface area contributed by atoms with Gasteiger partial charge in [-0.25, -0.2) is 9.97 Å². The van der Waals surface area contributed by atoms with Crippen LogP contribution < -0.4 is 14.8 Å². The van der Waals surface area contributed by atoms with Crippen molar-refractivity contribution in [2.24, 2.45) is 0 Å². The van der Waals surface area contributed by atoms with Gasteiger partial charge >= 0.3 is 0 Å². The summed E-state index contributed by atoms with van der Waals surface area (Å²) in [5.41, 5.74) is 1.98. The molecule has 2 aromatic heterocycles. The van der Waals surface area contributed by atoms with Crippen molar-refractivity contribution in [1.82, 2.24) is 15.3 Å². The molecule has 4 rings (SSSR count). The number of carbonyl (C=O) groups is 1. The van der Waals surface area contributed by atoms with Gasteiger partial charge in [0.2, 0.25) is 0 Å². The van der Waals surface area contributed by atoms with Gasteiger partial charge < -0.3 is 19.9 Å². The van der Waals surface area contributed by atoms with Crippen LogP contribution in [0, 0.1) is 0 Å². The monoisotopic (exact) mass is 403 g/mol. The van der Waals surface area contributed by atoms with Crippen LogP contribution in [-0.4, -0.2) is 46.3 Å². The largest absolute Gasteiger partial charge is 0.484 e. The van der Waals surface area contributed by atoms with Gasteiger partial charge in [0.05, 0.1) is 12.1 Å². The van der Waals surface area contributed by atoms with Crippen molar-refractivity contribution in [2.75, 3.05) is 13.2 Å². The highest BCUT2D eigenvalue weighted by Crippen LogP contribution is 2.34. The number of aliphatic hydroxyl groups excluding tert-OH is 1. The average Bonchev–Trinajstić information content (AvgIpc) is 2.71. The molecule has 148 valence electrons. The van der Waals surface area contributed by atoms with Crippen molar-refractivity contribution in [3.8, 4) is 11.6 Å². The molecule has 8 heteroatoms. The smallest absolute Gasteiger partial charge is 0.270 e. The van der Waals surface area contributed by atoms with Crippen LogP contribution in [-0.2, 0) is 6.42 Å². The third-order valence-corrected chi connectivity index (χ3v) is 5.27. The number of ether oxygens (including phenoxy) is 2. The summed E-state index contributed by atoms with van der Waals surface area (Å²) in [6.07, 6.45) is 5.12. The third-order valence-electron chi connectivity index (χ3n) is 5.05. The van der Waals surface area contributed by atoms with E-state index in [0.29, 0.717) is 42.8 Å². The highest BCUT2D eigenvalue weighted by molar-refractivity contribution is 6.29. The second-order valence-electron chi connectivity index (χ2n) is 7.10. The van der Waals surface area contributed by atoms with Gasteiger partial charge in [-0.1, -0.05) is 30.5 Å². The van der Waals surface area contributed by atoms with E-state index >= 15 is 0 Å². The zero-order valence-corrected chi connectivity index (χ0v) is 16.1. The standard InChI is InChI=1S/C20H22ClN3O4/c21-17-6-5-12(11-22-17)9-13-10-15(24-20-18(13)27-7-8-28-20)19(26)23-14-3-1-2-4-16(14)25/h5-6,10-11,14,16,25H,1-4,7-9H2,(H,23,26)/t14-,16-/m0/s1. The van der Waals surface area contributed by atoms with Crippen LogP contribution in [0.15, 0.2) is 24.4 Å². The number of nitrogens with one attached hydrogen (secondary N) is 1. The number of halogens is 1. The van der Waals surface area contributed by atoms with Crippen LogP contribution in [0.3, 0.4) is 0 Å². The highest BCUT2D eigenvalue weighted by Gasteiger charge is 2.27. The fourth-order valence-corrected chi connectivity index (χ4v) is 3.71. The lowest BCUT2D eigenvalue weighted by molar-refractivity contribution is 0.0712. The first-order chi connectivity index (χ1) is 13.6. The molecule has 1 aliphatic carbocycles. The summed E-state index contributed by atoms with van der Waals surface area (Å²) in [5, 5.41) is 13.5. The van der Waals surface area contributed by atoms with Crippen LogP contribution in [0.25, 0.3) is 0 Å². The first kappa shape index (κ1) is 19.0. The van der Waals surface area contributed by atoms with E-state index in [4.69, 9.17) is 21.1 Å². The Bertz CT molecular complexity index is 859. The predicted molar refractivity (Wildman–Crippen MR) is 103 cm³/mol. The van der Waals surface area contributed by atoms with E-state index in [0.717, 1.165) is 30.4 Å². The van der Waals surface area contributed by atoms with Gasteiger partial charge in [-0.3, -0.25) is 4.79 Å². The molecule has 3 heterocycles. The van der Waals surface area contributed by atoms with Gasteiger partial charge in [-0.15, -0.1) is 0 Å². The summed E-state index contributed by atoms with van der Waals surface area (Å²) in [6.45, 7) is 0.814. The molecule has 1 aliphatic heterocycles. The Balaban J connectivity index is 1.60. The summed E-state index contributed by atoms with van der Waals surface area (Å²) in [7, 11) is 0. The Morgan fingerprint density at radius 3 is 2.86 bits per heavy atom. The second-order valence-corrected chi connectivity index (χ2v) is 7.48. The van der Waals surface area contributed by atoms with E-state index in [2.05, 4.69) is 15.3 Å². The van der Waals surface area contributed by atoms with Gasteiger partial charge in [0.25, 0.3) is 11.8 Å². The Morgan fingerprint density at radius 1 is 1.25 bits per heavy atom. The number of nitrogens with zero attached hydrogens (tertiary/aromatic N) is 2. The molecule has 0 saturated heterocycles. The van der Waals surface area contributed by atoms with E-state index in [1.54, 1.807) is 18.3 Å². The number of fused-ring (bicyclic) bond motifs is 1. The summed E-state index contributed by atoms with van der Waals surface area (Å²) in [4.78, 5) is 21.2. The third kappa shape index (κ3) is 4.20. The molecule has 1 saturated carbocycles. The number of rotatable bonds is 4. The maximum absolute atomic E-state index is 12.8. The molecule has 0 radical (unpaired) electrons. The average molecular weight is 404 g/mol. The zero-order valence-electron chi connectivity index (χ0n) is 15.4. The van der Waals surface area contributed by atoms with Crippen LogP contribution in [0.5, 0.6) is 11.6 Å². The molecule has 0 bridgehead atoms. The maximum Gasteiger partial charge on any atom is 0.270 e. The van der Waals surface area contributed by atoms with E-state index < -0.39 is 6.10 Å². The fourth-order valence-electron chi connectivity index (χ4n) is 3.60. The van der Waals surface area contributed by atoms with E-state index in [1.807, 2.05) is 6.07 Å². The molecule has 1 fully saturated rings. The first-order valence-electron chi connectivity index (χ1n) is 9.49. The molecule has 2 N–H and O–H groups in total. The lowest BCUT2D eigenvalue weighted by Crippen LogP contribution is -2.45. The lowest BCUT2D eigenvalue weighted by Gasteiger charge is -2.28. The topological polar surface area (TPSA) is 93.6 Å². The second kappa shape index (κ2) is 8.32. The number of aromatic nitrogens is 2. The minimum absolute atomic E-state index is 0.249. The van der Waals surface area contributed by atoms with Crippen molar-refractivity contribution in [1.29, 1.82) is 0 Å². The molecule has 0 aromatic carbocycles. The molecular weight excluding hydrogens is 382 g/mol. The molecule has 0 unspecified atom stereocenters. The predicted octanol–water partition coefficient (Wildman–Crippen LogP) is 2.53. The van der Waals surface area contributed by atoms with Crippen molar-refractivity contribution < 1.29 is 19.4 Å². The van der Waals surface area contributed by atoms with Crippen LogP contribution >= 0.6 is 11.6 Å². The van der Waals surface area contributed by atoms with Gasteiger partial charge in [0, 0.05) is 18.2 Å². The number of amides is 1. The number of hydrogen-bond donors (Lipinski definition) is 2. The number of aliphatic hydroxyl groups is 1. The maximum atomic E-state index is 12.8. The molecular formula is C20H22ClN3O4. The van der Waals surface area contributed by atoms with E-state index in [1.165, 1.54) is 0 Å². The highest BCUT2D eigenvalue weighted by atomic mass is 35.5. The normalized spacial score (nSPS) is 21.2. The Kier molecular flexibility index (Phi) is 5.64. The summed E-state index contributed by atoms with van der Waals surface area (Å²) >= 11 is 5.86.